The smallest absolute Gasteiger partial charge is 0.233 e. The van der Waals surface area contributed by atoms with E-state index in [-0.39, 0.29) is 12.1 Å². The summed E-state index contributed by atoms with van der Waals surface area (Å²) in [4.78, 5) is 0. The summed E-state index contributed by atoms with van der Waals surface area (Å²) in [6.07, 6.45) is 0. The number of sulfonamides is 1. The summed E-state index contributed by atoms with van der Waals surface area (Å²) in [5.74, 6) is 0. The molecule has 1 rings (SSSR count). The van der Waals surface area contributed by atoms with Gasteiger partial charge in [-0.1, -0.05) is 20.4 Å². The minimum absolute atomic E-state index is 0.0275. The highest BCUT2D eigenvalue weighted by molar-refractivity contribution is 7.92. The first-order chi connectivity index (χ1) is 6.94. The molecule has 15 heavy (non-hydrogen) atoms. The fourth-order valence-corrected chi connectivity index (χ4v) is 2.27. The van der Waals surface area contributed by atoms with Gasteiger partial charge in [0.25, 0.3) is 0 Å². The van der Waals surface area contributed by atoms with Crippen LogP contribution < -0.4 is 10.0 Å². The van der Waals surface area contributed by atoms with Crippen molar-refractivity contribution in [1.29, 1.82) is 0 Å². The molecule has 0 saturated carbocycles. The van der Waals surface area contributed by atoms with Crippen molar-refractivity contribution >= 4 is 10.0 Å². The van der Waals surface area contributed by atoms with Crippen molar-refractivity contribution in [2.24, 2.45) is 0 Å². The molecule has 0 unspecified atom stereocenters. The Morgan fingerprint density at radius 2 is 2.00 bits per heavy atom. The second-order valence-corrected chi connectivity index (χ2v) is 5.56. The number of hydrogen-bond acceptors (Lipinski definition) is 4. The molecule has 0 aliphatic carbocycles. The lowest BCUT2D eigenvalue weighted by Gasteiger charge is -2.21. The van der Waals surface area contributed by atoms with E-state index in [0.717, 1.165) is 5.41 Å². The highest BCUT2D eigenvalue weighted by Crippen LogP contribution is 2.08. The largest absolute Gasteiger partial charge is 0.378 e. The van der Waals surface area contributed by atoms with Crippen LogP contribution in [0.25, 0.3) is 0 Å². The number of hydrogen-bond donors (Lipinski definition) is 2. The third-order valence-corrected chi connectivity index (χ3v) is 3.23. The summed E-state index contributed by atoms with van der Waals surface area (Å²) < 4.78 is 30.3. The Labute approximate surface area is 90.9 Å². The van der Waals surface area contributed by atoms with Gasteiger partial charge in [-0.05, 0) is 0 Å². The fraction of sp³-hybridized carbons (Fsp3) is 0.778. The molecule has 0 bridgehead atoms. The van der Waals surface area contributed by atoms with Gasteiger partial charge in [-0.3, -0.25) is 0 Å². The van der Waals surface area contributed by atoms with Crippen molar-refractivity contribution < 1.29 is 13.2 Å². The van der Waals surface area contributed by atoms with Crippen LogP contribution in [-0.2, 0) is 14.8 Å². The summed E-state index contributed by atoms with van der Waals surface area (Å²) in [6, 6.07) is 0.113. The second kappa shape index (κ2) is 5.07. The number of ether oxygens (including phenoxy) is 1. The average molecular weight is 234 g/mol. The molecule has 1 aliphatic heterocycles. The second-order valence-electron chi connectivity index (χ2n) is 3.90. The molecular weight excluding hydrogens is 216 g/mol. The van der Waals surface area contributed by atoms with E-state index in [2.05, 4.69) is 16.6 Å². The zero-order valence-corrected chi connectivity index (χ0v) is 9.88. The molecule has 6 heteroatoms. The molecule has 2 N–H and O–H groups in total. The molecule has 0 amide bonds. The Kier molecular flexibility index (Phi) is 4.27. The van der Waals surface area contributed by atoms with Crippen LogP contribution in [0.4, 0.5) is 0 Å². The monoisotopic (exact) mass is 234 g/mol. The zero-order valence-electron chi connectivity index (χ0n) is 9.06. The Morgan fingerprint density at radius 1 is 1.40 bits per heavy atom. The van der Waals surface area contributed by atoms with Gasteiger partial charge in [0.15, 0.2) is 0 Å². The molecule has 0 aromatic carbocycles. The van der Waals surface area contributed by atoms with E-state index in [1.54, 1.807) is 0 Å². The van der Waals surface area contributed by atoms with Gasteiger partial charge in [0, 0.05) is 17.5 Å². The minimum Gasteiger partial charge on any atom is -0.378 e. The van der Waals surface area contributed by atoms with E-state index in [0.29, 0.717) is 19.3 Å². The topological polar surface area (TPSA) is 67.4 Å². The Hall–Kier alpha value is -0.430. The Bertz CT molecular complexity index is 313. The van der Waals surface area contributed by atoms with Crippen molar-refractivity contribution in [3.63, 3.8) is 0 Å². The van der Waals surface area contributed by atoms with Crippen LogP contribution in [0.2, 0.25) is 0 Å². The van der Waals surface area contributed by atoms with E-state index < -0.39 is 10.0 Å². The van der Waals surface area contributed by atoms with E-state index in [1.807, 2.05) is 13.8 Å². The van der Waals surface area contributed by atoms with Gasteiger partial charge in [0.2, 0.25) is 10.0 Å². The van der Waals surface area contributed by atoms with Crippen molar-refractivity contribution in [3.05, 3.63) is 12.0 Å². The highest BCUT2D eigenvalue weighted by atomic mass is 32.2. The number of rotatable bonds is 5. The molecule has 1 saturated heterocycles. The van der Waals surface area contributed by atoms with Crippen molar-refractivity contribution in [2.75, 3.05) is 13.2 Å². The molecule has 0 aromatic rings. The van der Waals surface area contributed by atoms with E-state index in [1.165, 1.54) is 0 Å². The van der Waals surface area contributed by atoms with Gasteiger partial charge < -0.3 is 10.1 Å². The standard InChI is InChI=1S/C9H18N2O3S/c1-4-15(12,13)11-9-6-14-5-8(9)10-7(2)3/h4,7-11H,1,5-6H2,2-3H3/t8-,9+/m1/s1. The van der Waals surface area contributed by atoms with Crippen LogP contribution in [0.1, 0.15) is 13.8 Å². The van der Waals surface area contributed by atoms with Crippen molar-refractivity contribution in [3.8, 4) is 0 Å². The summed E-state index contributed by atoms with van der Waals surface area (Å²) in [6.45, 7) is 8.20. The zero-order chi connectivity index (χ0) is 11.5. The fourth-order valence-electron chi connectivity index (χ4n) is 1.52. The average Bonchev–Trinajstić information content (AvgIpc) is 2.51. The maximum absolute atomic E-state index is 11.3. The van der Waals surface area contributed by atoms with Crippen LogP contribution in [0.3, 0.4) is 0 Å². The van der Waals surface area contributed by atoms with Gasteiger partial charge in [-0.25, -0.2) is 13.1 Å². The minimum atomic E-state index is -3.38. The molecule has 0 spiro atoms. The van der Waals surface area contributed by atoms with Gasteiger partial charge in [0.1, 0.15) is 0 Å². The molecule has 2 atom stereocenters. The first kappa shape index (κ1) is 12.6. The summed E-state index contributed by atoms with van der Waals surface area (Å²) in [5, 5.41) is 4.17. The first-order valence-corrected chi connectivity index (χ1v) is 6.48. The van der Waals surface area contributed by atoms with Crippen LogP contribution in [0, 0.1) is 0 Å². The van der Waals surface area contributed by atoms with Crippen LogP contribution in [0.5, 0.6) is 0 Å². The van der Waals surface area contributed by atoms with Gasteiger partial charge in [0.05, 0.1) is 19.3 Å². The van der Waals surface area contributed by atoms with E-state index in [4.69, 9.17) is 4.74 Å². The van der Waals surface area contributed by atoms with Gasteiger partial charge in [-0.15, -0.1) is 0 Å². The van der Waals surface area contributed by atoms with Crippen molar-refractivity contribution in [2.45, 2.75) is 32.0 Å². The summed E-state index contributed by atoms with van der Waals surface area (Å²) in [5.41, 5.74) is 0. The third-order valence-electron chi connectivity index (χ3n) is 2.16. The highest BCUT2D eigenvalue weighted by Gasteiger charge is 2.30. The van der Waals surface area contributed by atoms with Gasteiger partial charge in [-0.2, -0.15) is 0 Å². The van der Waals surface area contributed by atoms with E-state index >= 15 is 0 Å². The van der Waals surface area contributed by atoms with Crippen LogP contribution in [-0.4, -0.2) is 39.8 Å². The predicted octanol–water partition coefficient (Wildman–Crippen LogP) is -0.185. The van der Waals surface area contributed by atoms with Crippen LogP contribution >= 0.6 is 0 Å². The lowest BCUT2D eigenvalue weighted by Crippen LogP contribution is -2.50. The predicted molar refractivity (Wildman–Crippen MR) is 58.9 cm³/mol. The summed E-state index contributed by atoms with van der Waals surface area (Å²) >= 11 is 0. The third kappa shape index (κ3) is 3.90. The lowest BCUT2D eigenvalue weighted by molar-refractivity contribution is 0.186. The molecule has 1 fully saturated rings. The molecule has 88 valence electrons. The SMILES string of the molecule is C=CS(=O)(=O)N[C@H]1COC[C@H]1NC(C)C. The van der Waals surface area contributed by atoms with Gasteiger partial charge >= 0.3 is 0 Å². The molecule has 0 aromatic heterocycles. The molecular formula is C9H18N2O3S. The summed E-state index contributed by atoms with van der Waals surface area (Å²) in [7, 11) is -3.38. The molecule has 5 nitrogen and oxygen atoms in total. The maximum Gasteiger partial charge on any atom is 0.233 e. The molecule has 0 radical (unpaired) electrons. The first-order valence-electron chi connectivity index (χ1n) is 4.93. The van der Waals surface area contributed by atoms with Crippen LogP contribution in [0.15, 0.2) is 12.0 Å². The lowest BCUT2D eigenvalue weighted by atomic mass is 10.1. The molecule has 1 aliphatic rings. The van der Waals surface area contributed by atoms with Crippen molar-refractivity contribution in [1.82, 2.24) is 10.0 Å². The number of nitrogens with one attached hydrogen (secondary N) is 2. The van der Waals surface area contributed by atoms with E-state index in [9.17, 15) is 8.42 Å². The Morgan fingerprint density at radius 3 is 2.53 bits per heavy atom. The quantitative estimate of drug-likeness (QED) is 0.692. The normalized spacial score (nSPS) is 27.1. The Balaban J connectivity index is 2.57. The maximum atomic E-state index is 11.3. The molecule has 1 heterocycles.